The minimum atomic E-state index is -4.47. The highest BCUT2D eigenvalue weighted by molar-refractivity contribution is 7.46. The summed E-state index contributed by atoms with van der Waals surface area (Å²) in [6.45, 7) is 1.84. The van der Waals surface area contributed by atoms with Gasteiger partial charge in [0.25, 0.3) is 0 Å². The molecule has 150 valence electrons. The zero-order valence-corrected chi connectivity index (χ0v) is 16.7. The number of rotatable bonds is 18. The number of phosphoric ester groups is 1. The van der Waals surface area contributed by atoms with E-state index in [1.807, 2.05) is 0 Å². The van der Waals surface area contributed by atoms with Crippen molar-refractivity contribution in [2.75, 3.05) is 13.2 Å². The Morgan fingerprint density at radius 2 is 1.20 bits per heavy atom. The molecule has 0 aliphatic rings. The van der Waals surface area contributed by atoms with Crippen molar-refractivity contribution >= 4 is 13.8 Å². The van der Waals surface area contributed by atoms with Gasteiger partial charge >= 0.3 is 13.8 Å². The number of esters is 1. The number of phosphoric acid groups is 1. The second kappa shape index (κ2) is 17.0. The van der Waals surface area contributed by atoms with E-state index in [0.29, 0.717) is 6.42 Å². The lowest BCUT2D eigenvalue weighted by atomic mass is 10.0. The molecule has 7 heteroatoms. The molecule has 0 atom stereocenters. The normalized spacial score (nSPS) is 11.6. The quantitative estimate of drug-likeness (QED) is 0.195. The molecule has 25 heavy (non-hydrogen) atoms. The van der Waals surface area contributed by atoms with Crippen LogP contribution in [0.25, 0.3) is 0 Å². The maximum Gasteiger partial charge on any atom is 0.469 e. The molecular formula is C18H37O6P. The Bertz CT molecular complexity index is 355. The van der Waals surface area contributed by atoms with Crippen LogP contribution in [0.3, 0.4) is 0 Å². The lowest BCUT2D eigenvalue weighted by molar-refractivity contribution is -0.144. The Morgan fingerprint density at radius 3 is 1.64 bits per heavy atom. The smallest absolute Gasteiger partial charge is 0.463 e. The van der Waals surface area contributed by atoms with Crippen LogP contribution in [0.5, 0.6) is 0 Å². The van der Waals surface area contributed by atoms with Crippen molar-refractivity contribution in [3.8, 4) is 0 Å². The van der Waals surface area contributed by atoms with Gasteiger partial charge in [0.2, 0.25) is 0 Å². The SMILES string of the molecule is CCCCCCCCCCCCCCCC(=O)OCCOP(=O)(O)O. The summed E-state index contributed by atoms with van der Waals surface area (Å²) in [7, 11) is -4.47. The topological polar surface area (TPSA) is 93.1 Å². The van der Waals surface area contributed by atoms with E-state index in [1.165, 1.54) is 64.2 Å². The van der Waals surface area contributed by atoms with Gasteiger partial charge in [0.1, 0.15) is 6.61 Å². The van der Waals surface area contributed by atoms with E-state index in [9.17, 15) is 9.36 Å². The number of hydrogen-bond acceptors (Lipinski definition) is 4. The minimum Gasteiger partial charge on any atom is -0.463 e. The van der Waals surface area contributed by atoms with Crippen molar-refractivity contribution in [2.24, 2.45) is 0 Å². The third-order valence-electron chi connectivity index (χ3n) is 4.09. The van der Waals surface area contributed by atoms with E-state index in [1.54, 1.807) is 0 Å². The molecule has 2 N–H and O–H groups in total. The van der Waals surface area contributed by atoms with Crippen LogP contribution in [-0.2, 0) is 18.6 Å². The first-order chi connectivity index (χ1) is 12.0. The molecule has 0 amide bonds. The summed E-state index contributed by atoms with van der Waals surface area (Å²) in [6, 6.07) is 0. The second-order valence-electron chi connectivity index (χ2n) is 6.54. The average Bonchev–Trinajstić information content (AvgIpc) is 2.55. The van der Waals surface area contributed by atoms with Crippen LogP contribution in [0.15, 0.2) is 0 Å². The largest absolute Gasteiger partial charge is 0.469 e. The summed E-state index contributed by atoms with van der Waals surface area (Å²) >= 11 is 0. The lowest BCUT2D eigenvalue weighted by Gasteiger charge is -2.06. The molecule has 0 rings (SSSR count). The highest BCUT2D eigenvalue weighted by atomic mass is 31.2. The maximum absolute atomic E-state index is 11.4. The fraction of sp³-hybridized carbons (Fsp3) is 0.944. The minimum absolute atomic E-state index is 0.123. The van der Waals surface area contributed by atoms with Crippen molar-refractivity contribution < 1.29 is 28.4 Å². The van der Waals surface area contributed by atoms with E-state index in [4.69, 9.17) is 14.5 Å². The van der Waals surface area contributed by atoms with Gasteiger partial charge in [0, 0.05) is 6.42 Å². The van der Waals surface area contributed by atoms with Crippen LogP contribution < -0.4 is 0 Å². The first-order valence-corrected chi connectivity index (χ1v) is 11.3. The van der Waals surface area contributed by atoms with E-state index >= 15 is 0 Å². The molecule has 0 aromatic rings. The van der Waals surface area contributed by atoms with Crippen LogP contribution in [0.4, 0.5) is 0 Å². The van der Waals surface area contributed by atoms with Crippen LogP contribution in [0.2, 0.25) is 0 Å². The van der Waals surface area contributed by atoms with E-state index in [0.717, 1.165) is 19.3 Å². The van der Waals surface area contributed by atoms with Crippen LogP contribution in [0, 0.1) is 0 Å². The highest BCUT2D eigenvalue weighted by Crippen LogP contribution is 2.35. The third-order valence-corrected chi connectivity index (χ3v) is 4.61. The van der Waals surface area contributed by atoms with Crippen LogP contribution >= 0.6 is 7.82 Å². The first-order valence-electron chi connectivity index (χ1n) is 9.81. The van der Waals surface area contributed by atoms with Gasteiger partial charge in [-0.3, -0.25) is 9.32 Å². The number of unbranched alkanes of at least 4 members (excludes halogenated alkanes) is 12. The zero-order chi connectivity index (χ0) is 18.8. The molecule has 0 unspecified atom stereocenters. The lowest BCUT2D eigenvalue weighted by Crippen LogP contribution is -2.09. The van der Waals surface area contributed by atoms with Crippen molar-refractivity contribution in [2.45, 2.75) is 96.8 Å². The number of ether oxygens (including phenoxy) is 1. The molecule has 0 heterocycles. The molecule has 0 radical (unpaired) electrons. The summed E-state index contributed by atoms with van der Waals surface area (Å²) in [6.07, 6.45) is 16.7. The Hall–Kier alpha value is -0.420. The molecule has 0 aromatic heterocycles. The maximum atomic E-state index is 11.4. The standard InChI is InChI=1S/C18H37O6P/c1-2-3-4-5-6-7-8-9-10-11-12-13-14-15-18(19)23-16-17-24-25(20,21)22/h2-17H2,1H3,(H2,20,21,22). The second-order valence-corrected chi connectivity index (χ2v) is 7.78. The summed E-state index contributed by atoms with van der Waals surface area (Å²) in [5.74, 6) is -0.336. The van der Waals surface area contributed by atoms with Crippen molar-refractivity contribution in [3.05, 3.63) is 0 Å². The van der Waals surface area contributed by atoms with Gasteiger partial charge in [0.05, 0.1) is 6.61 Å². The fourth-order valence-electron chi connectivity index (χ4n) is 2.67. The van der Waals surface area contributed by atoms with Crippen molar-refractivity contribution in [1.82, 2.24) is 0 Å². The number of hydrogen-bond donors (Lipinski definition) is 2. The molecule has 0 aliphatic heterocycles. The van der Waals surface area contributed by atoms with Crippen LogP contribution in [-0.4, -0.2) is 29.0 Å². The Balaban J connectivity index is 3.20. The number of carbonyl (C=O) groups excluding carboxylic acids is 1. The van der Waals surface area contributed by atoms with Gasteiger partial charge in [-0.1, -0.05) is 84.0 Å². The van der Waals surface area contributed by atoms with Gasteiger partial charge in [-0.25, -0.2) is 4.57 Å². The molecule has 0 aliphatic carbocycles. The highest BCUT2D eigenvalue weighted by Gasteiger charge is 2.13. The molecule has 0 fully saturated rings. The monoisotopic (exact) mass is 380 g/mol. The van der Waals surface area contributed by atoms with Crippen molar-refractivity contribution in [1.29, 1.82) is 0 Å². The zero-order valence-electron chi connectivity index (χ0n) is 15.8. The van der Waals surface area contributed by atoms with Crippen LogP contribution in [0.1, 0.15) is 96.8 Å². The van der Waals surface area contributed by atoms with Gasteiger partial charge in [0.15, 0.2) is 0 Å². The molecule has 0 saturated carbocycles. The molecule has 0 spiro atoms. The fourth-order valence-corrected chi connectivity index (χ4v) is 2.98. The molecule has 6 nitrogen and oxygen atoms in total. The number of carbonyl (C=O) groups is 1. The molecule has 0 saturated heterocycles. The summed E-state index contributed by atoms with van der Waals surface area (Å²) in [5, 5.41) is 0. The third kappa shape index (κ3) is 21.5. The predicted molar refractivity (Wildman–Crippen MR) is 99.3 cm³/mol. The Morgan fingerprint density at radius 1 is 0.760 bits per heavy atom. The Kier molecular flexibility index (Phi) is 16.7. The van der Waals surface area contributed by atoms with Gasteiger partial charge in [-0.2, -0.15) is 0 Å². The van der Waals surface area contributed by atoms with Gasteiger partial charge in [-0.05, 0) is 6.42 Å². The summed E-state index contributed by atoms with van der Waals surface area (Å²) in [4.78, 5) is 28.3. The van der Waals surface area contributed by atoms with Crippen molar-refractivity contribution in [3.63, 3.8) is 0 Å². The van der Waals surface area contributed by atoms with E-state index in [2.05, 4.69) is 11.4 Å². The van der Waals surface area contributed by atoms with E-state index in [-0.39, 0.29) is 19.2 Å². The Labute approximate surface area is 152 Å². The first kappa shape index (κ1) is 24.6. The predicted octanol–water partition coefficient (Wildman–Crippen LogP) is 5.12. The van der Waals surface area contributed by atoms with Gasteiger partial charge < -0.3 is 14.5 Å². The molecular weight excluding hydrogens is 343 g/mol. The summed E-state index contributed by atoms with van der Waals surface area (Å²) < 4.78 is 19.4. The van der Waals surface area contributed by atoms with Gasteiger partial charge in [-0.15, -0.1) is 0 Å². The molecule has 0 bridgehead atoms. The molecule has 0 aromatic carbocycles. The average molecular weight is 380 g/mol. The summed E-state index contributed by atoms with van der Waals surface area (Å²) in [5.41, 5.74) is 0. The van der Waals surface area contributed by atoms with E-state index < -0.39 is 7.82 Å².